The Hall–Kier alpha value is -0.627. The van der Waals surface area contributed by atoms with Crippen LogP contribution >= 0.6 is 0 Å². The SMILES string of the molecule is O=c1[nH]cccc1O.[Zn+2]. The van der Waals surface area contributed by atoms with Gasteiger partial charge in [-0.05, 0) is 12.1 Å². The Morgan fingerprint density at radius 3 is 2.56 bits per heavy atom. The van der Waals surface area contributed by atoms with E-state index in [1.807, 2.05) is 0 Å². The Bertz CT molecular complexity index is 232. The molecule has 0 aromatic carbocycles. The fraction of sp³-hybridized carbons (Fsp3) is 0. The molecule has 0 amide bonds. The summed E-state index contributed by atoms with van der Waals surface area (Å²) in [6.45, 7) is 0. The quantitative estimate of drug-likeness (QED) is 0.550. The van der Waals surface area contributed by atoms with Crippen molar-refractivity contribution < 1.29 is 24.6 Å². The standard InChI is InChI=1S/C5H5NO2.Zn/c7-4-2-1-3-6-5(4)8;/h1-3,7H,(H,6,8);/q;+2. The molecule has 1 rings (SSSR count). The molecule has 4 heteroatoms. The maximum absolute atomic E-state index is 10.3. The van der Waals surface area contributed by atoms with Crippen LogP contribution in [0.4, 0.5) is 0 Å². The summed E-state index contributed by atoms with van der Waals surface area (Å²) in [6.07, 6.45) is 1.46. The minimum atomic E-state index is -0.451. The molecule has 0 atom stereocenters. The third-order valence-corrected chi connectivity index (χ3v) is 0.797. The van der Waals surface area contributed by atoms with Gasteiger partial charge in [0.25, 0.3) is 5.56 Å². The minimum Gasteiger partial charge on any atom is -0.503 e. The van der Waals surface area contributed by atoms with Gasteiger partial charge < -0.3 is 10.1 Å². The molecule has 0 radical (unpaired) electrons. The molecule has 42 valence electrons. The number of nitrogens with one attached hydrogen (secondary N) is 1. The van der Waals surface area contributed by atoms with Gasteiger partial charge in [0.1, 0.15) is 0 Å². The molecule has 0 aliphatic carbocycles. The molecule has 1 aromatic heterocycles. The Balaban J connectivity index is 0.000000640. The summed E-state index contributed by atoms with van der Waals surface area (Å²) in [5.41, 5.74) is -0.451. The van der Waals surface area contributed by atoms with E-state index in [-0.39, 0.29) is 25.2 Å². The predicted octanol–water partition coefficient (Wildman–Crippen LogP) is 0.0780. The van der Waals surface area contributed by atoms with Crippen molar-refractivity contribution in [1.82, 2.24) is 4.98 Å². The number of rotatable bonds is 0. The molecule has 0 bridgehead atoms. The summed E-state index contributed by atoms with van der Waals surface area (Å²) in [5, 5.41) is 8.58. The normalized spacial score (nSPS) is 8.00. The maximum atomic E-state index is 10.3. The Morgan fingerprint density at radius 2 is 2.22 bits per heavy atom. The van der Waals surface area contributed by atoms with Crippen LogP contribution in [0.1, 0.15) is 0 Å². The number of H-pyrrole nitrogens is 1. The molecule has 0 saturated carbocycles. The van der Waals surface area contributed by atoms with Gasteiger partial charge in [-0.3, -0.25) is 4.79 Å². The third-order valence-electron chi connectivity index (χ3n) is 0.797. The molecule has 0 aliphatic rings. The number of hydrogen-bond donors (Lipinski definition) is 2. The van der Waals surface area contributed by atoms with Crippen molar-refractivity contribution in [2.75, 3.05) is 0 Å². The van der Waals surface area contributed by atoms with E-state index in [2.05, 4.69) is 4.98 Å². The van der Waals surface area contributed by atoms with E-state index in [0.29, 0.717) is 0 Å². The predicted molar refractivity (Wildman–Crippen MR) is 28.7 cm³/mol. The molecular formula is C5H5NO2Zn+2. The first-order valence-electron chi connectivity index (χ1n) is 2.17. The summed E-state index contributed by atoms with van der Waals surface area (Å²) >= 11 is 0. The van der Waals surface area contributed by atoms with Crippen LogP contribution in [0, 0.1) is 0 Å². The van der Waals surface area contributed by atoms with Crippen molar-refractivity contribution in [3.05, 3.63) is 28.7 Å². The average Bonchev–Trinajstić information content (AvgIpc) is 1.77. The van der Waals surface area contributed by atoms with E-state index in [1.54, 1.807) is 6.07 Å². The first-order chi connectivity index (χ1) is 3.80. The molecule has 0 saturated heterocycles. The topological polar surface area (TPSA) is 53.1 Å². The Morgan fingerprint density at radius 1 is 1.56 bits per heavy atom. The van der Waals surface area contributed by atoms with E-state index < -0.39 is 5.56 Å². The van der Waals surface area contributed by atoms with Crippen LogP contribution in [0.15, 0.2) is 23.1 Å². The summed E-state index contributed by atoms with van der Waals surface area (Å²) in [7, 11) is 0. The Kier molecular flexibility index (Phi) is 3.17. The fourth-order valence-corrected chi connectivity index (χ4v) is 0.413. The molecule has 9 heavy (non-hydrogen) atoms. The van der Waals surface area contributed by atoms with Crippen molar-refractivity contribution in [3.8, 4) is 5.75 Å². The monoisotopic (exact) mass is 175 g/mol. The molecule has 0 aliphatic heterocycles. The van der Waals surface area contributed by atoms with Crippen LogP contribution < -0.4 is 5.56 Å². The molecule has 1 heterocycles. The number of aromatic amines is 1. The minimum absolute atomic E-state index is 0. The third kappa shape index (κ3) is 1.98. The van der Waals surface area contributed by atoms with Gasteiger partial charge in [0, 0.05) is 6.20 Å². The van der Waals surface area contributed by atoms with E-state index in [1.165, 1.54) is 12.3 Å². The van der Waals surface area contributed by atoms with Gasteiger partial charge >= 0.3 is 19.5 Å². The van der Waals surface area contributed by atoms with Gasteiger partial charge in [0.15, 0.2) is 5.75 Å². The molecule has 1 aromatic rings. The van der Waals surface area contributed by atoms with Crippen LogP contribution in [-0.2, 0) is 19.5 Å². The van der Waals surface area contributed by atoms with Crippen LogP contribution in [0.25, 0.3) is 0 Å². The van der Waals surface area contributed by atoms with E-state index in [4.69, 9.17) is 5.11 Å². The van der Waals surface area contributed by atoms with Crippen molar-refractivity contribution >= 4 is 0 Å². The number of aromatic nitrogens is 1. The molecular weight excluding hydrogens is 171 g/mol. The second-order valence-electron chi connectivity index (χ2n) is 1.38. The zero-order valence-corrected chi connectivity index (χ0v) is 7.76. The first-order valence-corrected chi connectivity index (χ1v) is 2.17. The van der Waals surface area contributed by atoms with Crippen molar-refractivity contribution in [1.29, 1.82) is 0 Å². The first kappa shape index (κ1) is 8.37. The van der Waals surface area contributed by atoms with E-state index >= 15 is 0 Å². The zero-order chi connectivity index (χ0) is 5.98. The summed E-state index contributed by atoms with van der Waals surface area (Å²) in [5.74, 6) is -0.243. The van der Waals surface area contributed by atoms with Crippen LogP contribution in [0.5, 0.6) is 5.75 Å². The smallest absolute Gasteiger partial charge is 0.503 e. The molecule has 0 unspecified atom stereocenters. The van der Waals surface area contributed by atoms with Crippen molar-refractivity contribution in [3.63, 3.8) is 0 Å². The average molecular weight is 176 g/mol. The summed E-state index contributed by atoms with van der Waals surface area (Å²) in [4.78, 5) is 12.6. The largest absolute Gasteiger partial charge is 2.00 e. The summed E-state index contributed by atoms with van der Waals surface area (Å²) in [6, 6.07) is 2.88. The maximum Gasteiger partial charge on any atom is 2.00 e. The van der Waals surface area contributed by atoms with Crippen LogP contribution in [0.3, 0.4) is 0 Å². The molecule has 3 nitrogen and oxygen atoms in total. The van der Waals surface area contributed by atoms with Crippen molar-refractivity contribution in [2.45, 2.75) is 0 Å². The second kappa shape index (κ2) is 3.41. The zero-order valence-electron chi connectivity index (χ0n) is 4.79. The molecule has 2 N–H and O–H groups in total. The van der Waals surface area contributed by atoms with Gasteiger partial charge in [-0.2, -0.15) is 0 Å². The number of aromatic hydroxyl groups is 1. The van der Waals surface area contributed by atoms with Crippen molar-refractivity contribution in [2.24, 2.45) is 0 Å². The summed E-state index contributed by atoms with van der Waals surface area (Å²) < 4.78 is 0. The van der Waals surface area contributed by atoms with Gasteiger partial charge in [0.2, 0.25) is 0 Å². The number of pyridine rings is 1. The molecule has 0 spiro atoms. The van der Waals surface area contributed by atoms with E-state index in [9.17, 15) is 4.79 Å². The van der Waals surface area contributed by atoms with Gasteiger partial charge in [-0.1, -0.05) is 0 Å². The Labute approximate surface area is 64.5 Å². The van der Waals surface area contributed by atoms with E-state index in [0.717, 1.165) is 0 Å². The number of hydrogen-bond acceptors (Lipinski definition) is 2. The second-order valence-corrected chi connectivity index (χ2v) is 1.38. The van der Waals surface area contributed by atoms with Gasteiger partial charge in [0.05, 0.1) is 0 Å². The van der Waals surface area contributed by atoms with Crippen LogP contribution in [-0.4, -0.2) is 10.1 Å². The van der Waals surface area contributed by atoms with Crippen LogP contribution in [0.2, 0.25) is 0 Å². The molecule has 0 fully saturated rings. The van der Waals surface area contributed by atoms with Gasteiger partial charge in [-0.25, -0.2) is 0 Å². The fourth-order valence-electron chi connectivity index (χ4n) is 0.413. The van der Waals surface area contributed by atoms with Gasteiger partial charge in [-0.15, -0.1) is 0 Å².